The highest BCUT2D eigenvalue weighted by Gasteiger charge is 2.48. The molecule has 2 aliphatic heterocycles. The van der Waals surface area contributed by atoms with Gasteiger partial charge in [-0.3, -0.25) is 24.1 Å². The van der Waals surface area contributed by atoms with E-state index in [-0.39, 0.29) is 55.3 Å². The minimum atomic E-state index is -0.401. The zero-order valence-electron chi connectivity index (χ0n) is 19.5. The van der Waals surface area contributed by atoms with Crippen molar-refractivity contribution in [2.75, 3.05) is 31.6 Å². The molecular formula is C25H33N3O5. The normalized spacial score (nSPS) is 24.7. The number of hydrogen-bond acceptors (Lipinski definition) is 5. The van der Waals surface area contributed by atoms with Gasteiger partial charge in [0.2, 0.25) is 23.6 Å². The van der Waals surface area contributed by atoms with Crippen molar-refractivity contribution in [3.05, 3.63) is 29.3 Å². The molecule has 2 heterocycles. The average Bonchev–Trinajstić information content (AvgIpc) is 3.39. The quantitative estimate of drug-likeness (QED) is 0.637. The molecular weight excluding hydrogens is 422 g/mol. The highest BCUT2D eigenvalue weighted by Crippen LogP contribution is 2.37. The topological polar surface area (TPSA) is 96.0 Å². The Morgan fingerprint density at radius 2 is 1.76 bits per heavy atom. The lowest BCUT2D eigenvalue weighted by Crippen LogP contribution is -2.48. The number of carbonyl (C=O) groups is 4. The second-order valence-electron chi connectivity index (χ2n) is 9.47. The predicted molar refractivity (Wildman–Crippen MR) is 122 cm³/mol. The zero-order chi connectivity index (χ0) is 23.5. The highest BCUT2D eigenvalue weighted by atomic mass is 16.5. The van der Waals surface area contributed by atoms with Crippen molar-refractivity contribution < 1.29 is 23.9 Å². The van der Waals surface area contributed by atoms with Gasteiger partial charge in [-0.2, -0.15) is 0 Å². The molecule has 178 valence electrons. The van der Waals surface area contributed by atoms with Gasteiger partial charge in [0.05, 0.1) is 17.9 Å². The number of ether oxygens (including phenoxy) is 1. The Balaban J connectivity index is 1.45. The van der Waals surface area contributed by atoms with Crippen LogP contribution in [-0.2, 0) is 23.9 Å². The molecule has 1 aromatic rings. The molecule has 4 amide bonds. The summed E-state index contributed by atoms with van der Waals surface area (Å²) >= 11 is 0. The lowest BCUT2D eigenvalue weighted by molar-refractivity contribution is -0.147. The molecule has 3 aliphatic rings. The van der Waals surface area contributed by atoms with Crippen LogP contribution in [0.25, 0.3) is 0 Å². The number of anilines is 1. The number of amides is 4. The summed E-state index contributed by atoms with van der Waals surface area (Å²) in [5.74, 6) is -1.79. The molecule has 0 aromatic heterocycles. The fourth-order valence-electron chi connectivity index (χ4n) is 5.16. The summed E-state index contributed by atoms with van der Waals surface area (Å²) in [6.07, 6.45) is 4.87. The van der Waals surface area contributed by atoms with E-state index in [1.807, 2.05) is 32.0 Å². The van der Waals surface area contributed by atoms with Gasteiger partial charge in [-0.05, 0) is 56.7 Å². The molecule has 0 bridgehead atoms. The van der Waals surface area contributed by atoms with E-state index in [9.17, 15) is 19.2 Å². The third-order valence-electron chi connectivity index (χ3n) is 7.24. The number of aryl methyl sites for hydroxylation is 1. The second-order valence-corrected chi connectivity index (χ2v) is 9.47. The van der Waals surface area contributed by atoms with Crippen molar-refractivity contribution in [2.45, 2.75) is 58.5 Å². The van der Waals surface area contributed by atoms with Crippen LogP contribution in [0.4, 0.5) is 5.69 Å². The van der Waals surface area contributed by atoms with Crippen molar-refractivity contribution in [3.63, 3.8) is 0 Å². The summed E-state index contributed by atoms with van der Waals surface area (Å²) in [5.41, 5.74) is 2.74. The highest BCUT2D eigenvalue weighted by molar-refractivity contribution is 6.07. The number of nitrogens with one attached hydrogen (secondary N) is 1. The molecule has 1 saturated carbocycles. The maximum absolute atomic E-state index is 13.2. The number of rotatable bonds is 7. The fraction of sp³-hybridized carbons (Fsp3) is 0.600. The summed E-state index contributed by atoms with van der Waals surface area (Å²) in [4.78, 5) is 54.3. The van der Waals surface area contributed by atoms with E-state index < -0.39 is 5.91 Å². The summed E-state index contributed by atoms with van der Waals surface area (Å²) in [6, 6.07) is 5.67. The van der Waals surface area contributed by atoms with Gasteiger partial charge >= 0.3 is 0 Å². The standard InChI is InChI=1S/C25H33N3O5/c1-16-7-5-11-21(17(16)2)26-22(29)14-27(13-18-8-6-12-33-18)23(30)15-28-24(31)19-9-3-4-10-20(19)25(28)32/h5,7,11,18-20H,3-4,6,8-10,12-15H2,1-2H3,(H,26,29). The average molecular weight is 456 g/mol. The monoisotopic (exact) mass is 455 g/mol. The fourth-order valence-corrected chi connectivity index (χ4v) is 5.16. The van der Waals surface area contributed by atoms with Crippen molar-refractivity contribution in [1.82, 2.24) is 9.80 Å². The van der Waals surface area contributed by atoms with Gasteiger partial charge in [0, 0.05) is 18.8 Å². The number of imide groups is 1. The first-order valence-corrected chi connectivity index (χ1v) is 12.0. The first kappa shape index (κ1) is 23.4. The number of likely N-dealkylation sites (tertiary alicyclic amines) is 1. The van der Waals surface area contributed by atoms with Gasteiger partial charge in [-0.15, -0.1) is 0 Å². The lowest BCUT2D eigenvalue weighted by Gasteiger charge is -2.27. The number of carbonyl (C=O) groups excluding carboxylic acids is 4. The molecule has 2 saturated heterocycles. The van der Waals surface area contributed by atoms with Crippen LogP contribution in [0.3, 0.4) is 0 Å². The molecule has 1 N–H and O–H groups in total. The second kappa shape index (κ2) is 10.0. The summed E-state index contributed by atoms with van der Waals surface area (Å²) in [7, 11) is 0. The molecule has 8 heteroatoms. The van der Waals surface area contributed by atoms with Crippen LogP contribution in [0.1, 0.15) is 49.7 Å². The Morgan fingerprint density at radius 1 is 1.06 bits per heavy atom. The predicted octanol–water partition coefficient (Wildman–Crippen LogP) is 2.42. The number of fused-ring (bicyclic) bond motifs is 1. The Morgan fingerprint density at radius 3 is 2.39 bits per heavy atom. The van der Waals surface area contributed by atoms with E-state index >= 15 is 0 Å². The molecule has 3 fully saturated rings. The number of hydrogen-bond donors (Lipinski definition) is 1. The van der Waals surface area contributed by atoms with E-state index in [1.54, 1.807) is 0 Å². The minimum absolute atomic E-state index is 0.144. The molecule has 3 unspecified atom stereocenters. The van der Waals surface area contributed by atoms with Gasteiger partial charge < -0.3 is 15.0 Å². The van der Waals surface area contributed by atoms with E-state index in [0.717, 1.165) is 41.7 Å². The third-order valence-corrected chi connectivity index (χ3v) is 7.24. The first-order chi connectivity index (χ1) is 15.8. The van der Waals surface area contributed by atoms with Gasteiger partial charge in [0.15, 0.2) is 0 Å². The maximum atomic E-state index is 13.2. The summed E-state index contributed by atoms with van der Waals surface area (Å²) in [6.45, 7) is 4.34. The smallest absolute Gasteiger partial charge is 0.244 e. The van der Waals surface area contributed by atoms with E-state index in [0.29, 0.717) is 25.1 Å². The molecule has 33 heavy (non-hydrogen) atoms. The SMILES string of the molecule is Cc1cccc(NC(=O)CN(CC2CCCO2)C(=O)CN2C(=O)C3CCCCC3C2=O)c1C. The van der Waals surface area contributed by atoms with Crippen LogP contribution in [0, 0.1) is 25.7 Å². The Bertz CT molecular complexity index is 916. The summed E-state index contributed by atoms with van der Waals surface area (Å²) < 4.78 is 5.68. The van der Waals surface area contributed by atoms with Crippen LogP contribution < -0.4 is 5.32 Å². The third kappa shape index (κ3) is 5.11. The Labute approximate surface area is 194 Å². The molecule has 0 radical (unpaired) electrons. The van der Waals surface area contributed by atoms with E-state index in [4.69, 9.17) is 4.74 Å². The maximum Gasteiger partial charge on any atom is 0.244 e. The molecule has 0 spiro atoms. The van der Waals surface area contributed by atoms with Crippen molar-refractivity contribution >= 4 is 29.3 Å². The minimum Gasteiger partial charge on any atom is -0.376 e. The van der Waals surface area contributed by atoms with Crippen molar-refractivity contribution in [2.24, 2.45) is 11.8 Å². The van der Waals surface area contributed by atoms with Crippen LogP contribution in [0.15, 0.2) is 18.2 Å². The van der Waals surface area contributed by atoms with Gasteiger partial charge in [0.25, 0.3) is 0 Å². The Kier molecular flexibility index (Phi) is 7.12. The van der Waals surface area contributed by atoms with Crippen LogP contribution in [0.2, 0.25) is 0 Å². The van der Waals surface area contributed by atoms with Gasteiger partial charge in [-0.25, -0.2) is 0 Å². The first-order valence-electron chi connectivity index (χ1n) is 12.0. The van der Waals surface area contributed by atoms with Crippen molar-refractivity contribution in [3.8, 4) is 0 Å². The van der Waals surface area contributed by atoms with Crippen LogP contribution in [-0.4, -0.2) is 65.8 Å². The van der Waals surface area contributed by atoms with Crippen LogP contribution in [0.5, 0.6) is 0 Å². The lowest BCUT2D eigenvalue weighted by atomic mass is 9.81. The van der Waals surface area contributed by atoms with E-state index in [1.165, 1.54) is 4.90 Å². The zero-order valence-corrected chi connectivity index (χ0v) is 19.5. The van der Waals surface area contributed by atoms with E-state index in [2.05, 4.69) is 5.32 Å². The summed E-state index contributed by atoms with van der Waals surface area (Å²) in [5, 5.41) is 2.89. The molecule has 8 nitrogen and oxygen atoms in total. The molecule has 1 aliphatic carbocycles. The number of nitrogens with zero attached hydrogens (tertiary/aromatic N) is 2. The van der Waals surface area contributed by atoms with Gasteiger partial charge in [0.1, 0.15) is 13.1 Å². The van der Waals surface area contributed by atoms with Crippen molar-refractivity contribution in [1.29, 1.82) is 0 Å². The largest absolute Gasteiger partial charge is 0.376 e. The molecule has 4 rings (SSSR count). The number of benzene rings is 1. The Hall–Kier alpha value is -2.74. The molecule has 3 atom stereocenters. The molecule has 1 aromatic carbocycles. The van der Waals surface area contributed by atoms with Gasteiger partial charge in [-0.1, -0.05) is 25.0 Å². The van der Waals surface area contributed by atoms with Crippen LogP contribution >= 0.6 is 0 Å².